The number of fused-ring (bicyclic) bond motifs is 2. The number of esters is 1. The number of nitrogens with one attached hydrogen (secondary N) is 1. The second-order valence-electron chi connectivity index (χ2n) is 12.3. The maximum atomic E-state index is 13.5. The van der Waals surface area contributed by atoms with E-state index in [2.05, 4.69) is 15.5 Å². The zero-order chi connectivity index (χ0) is 31.9. The van der Waals surface area contributed by atoms with Crippen molar-refractivity contribution in [3.05, 3.63) is 81.7 Å². The Morgan fingerprint density at radius 1 is 1.00 bits per heavy atom. The molecule has 1 N–H and O–H groups in total. The van der Waals surface area contributed by atoms with Gasteiger partial charge in [-0.25, -0.2) is 9.78 Å². The summed E-state index contributed by atoms with van der Waals surface area (Å²) < 4.78 is 22.4. The van der Waals surface area contributed by atoms with E-state index in [9.17, 15) is 9.59 Å². The van der Waals surface area contributed by atoms with Crippen LogP contribution in [0, 0.1) is 17.8 Å². The van der Waals surface area contributed by atoms with E-state index in [4.69, 9.17) is 41.9 Å². The van der Waals surface area contributed by atoms with Crippen molar-refractivity contribution in [2.24, 2.45) is 17.8 Å². The third-order valence-electron chi connectivity index (χ3n) is 9.43. The van der Waals surface area contributed by atoms with Crippen LogP contribution >= 0.6 is 23.2 Å². The molecule has 0 radical (unpaired) electrons. The summed E-state index contributed by atoms with van der Waals surface area (Å²) in [5.74, 6) is 1.53. The molecular weight excluding hydrogens is 629 g/mol. The molecule has 2 aromatic heterocycles. The number of rotatable bonds is 10. The lowest BCUT2D eigenvalue weighted by Crippen LogP contribution is -2.51. The smallest absolute Gasteiger partial charge is 0.338 e. The summed E-state index contributed by atoms with van der Waals surface area (Å²) in [6, 6.07) is 14.1. The van der Waals surface area contributed by atoms with Crippen LogP contribution < -0.4 is 10.1 Å². The molecule has 46 heavy (non-hydrogen) atoms. The molecular formula is C35H33Cl2N3O6. The van der Waals surface area contributed by atoms with Crippen molar-refractivity contribution in [2.45, 2.75) is 50.7 Å². The van der Waals surface area contributed by atoms with Gasteiger partial charge in [0.25, 0.3) is 0 Å². The van der Waals surface area contributed by atoms with E-state index in [1.54, 1.807) is 49.7 Å². The summed E-state index contributed by atoms with van der Waals surface area (Å²) in [4.78, 5) is 30.3. The number of hydrogen-bond donors (Lipinski definition) is 1. The number of ether oxygens (including phenoxy) is 3. The van der Waals surface area contributed by atoms with Gasteiger partial charge in [0.05, 0.1) is 42.5 Å². The second kappa shape index (κ2) is 12.7. The number of carbonyl (C=O) groups excluding carboxylic acids is 2. The van der Waals surface area contributed by atoms with Gasteiger partial charge in [0, 0.05) is 46.5 Å². The number of benzene rings is 2. The highest BCUT2D eigenvalue weighted by atomic mass is 35.5. The van der Waals surface area contributed by atoms with Gasteiger partial charge in [-0.2, -0.15) is 0 Å². The SMILES string of the molecule is COC(=O)c1ccc(NC(=O)C2C3CC(OCc4c(-c5c(Cl)cccc5Cl)noc4C4CC4)CC2C3)cc1-c1ccc(OC)nc1. The molecule has 4 aliphatic rings. The molecule has 9 nitrogen and oxygen atoms in total. The van der Waals surface area contributed by atoms with Crippen LogP contribution in [0.1, 0.15) is 59.7 Å². The Morgan fingerprint density at radius 3 is 2.41 bits per heavy atom. The van der Waals surface area contributed by atoms with Gasteiger partial charge in [-0.1, -0.05) is 34.4 Å². The number of anilines is 1. The van der Waals surface area contributed by atoms with Crippen LogP contribution in [-0.2, 0) is 20.9 Å². The number of halogens is 2. The molecule has 0 saturated heterocycles. The van der Waals surface area contributed by atoms with Crippen molar-refractivity contribution in [3.63, 3.8) is 0 Å². The topological polar surface area (TPSA) is 113 Å². The van der Waals surface area contributed by atoms with Crippen LogP contribution in [-0.4, -0.2) is 42.3 Å². The first kappa shape index (κ1) is 30.7. The molecule has 2 heterocycles. The Balaban J connectivity index is 1.02. The molecule has 4 saturated carbocycles. The van der Waals surface area contributed by atoms with E-state index in [1.165, 1.54) is 7.11 Å². The van der Waals surface area contributed by atoms with Crippen LogP contribution in [0.2, 0.25) is 10.0 Å². The number of hydrogen-bond acceptors (Lipinski definition) is 8. The van der Waals surface area contributed by atoms with E-state index in [-0.39, 0.29) is 29.8 Å². The molecule has 0 aliphatic heterocycles. The lowest BCUT2D eigenvalue weighted by atomic mass is 9.56. The first-order valence-corrected chi connectivity index (χ1v) is 16.2. The van der Waals surface area contributed by atoms with Gasteiger partial charge in [0.2, 0.25) is 11.8 Å². The summed E-state index contributed by atoms with van der Waals surface area (Å²) in [6.07, 6.45) is 6.37. The second-order valence-corrected chi connectivity index (χ2v) is 13.1. The molecule has 238 valence electrons. The fourth-order valence-corrected chi connectivity index (χ4v) is 7.55. The Bertz CT molecular complexity index is 1760. The number of carbonyl (C=O) groups is 2. The van der Waals surface area contributed by atoms with Gasteiger partial charge in [-0.15, -0.1) is 0 Å². The van der Waals surface area contributed by atoms with E-state index < -0.39 is 5.97 Å². The minimum absolute atomic E-state index is 0.0185. The summed E-state index contributed by atoms with van der Waals surface area (Å²) >= 11 is 13.0. The highest BCUT2D eigenvalue weighted by molar-refractivity contribution is 6.39. The number of pyridine rings is 1. The molecule has 0 spiro atoms. The molecule has 8 rings (SSSR count). The monoisotopic (exact) mass is 661 g/mol. The number of amides is 1. The maximum Gasteiger partial charge on any atom is 0.338 e. The van der Waals surface area contributed by atoms with Crippen LogP contribution in [0.25, 0.3) is 22.4 Å². The molecule has 2 unspecified atom stereocenters. The first-order valence-electron chi connectivity index (χ1n) is 15.4. The molecule has 4 aliphatic carbocycles. The zero-order valence-electron chi connectivity index (χ0n) is 25.4. The predicted molar refractivity (Wildman–Crippen MR) is 173 cm³/mol. The molecule has 2 atom stereocenters. The largest absolute Gasteiger partial charge is 0.481 e. The fraction of sp³-hybridized carbons (Fsp3) is 0.371. The van der Waals surface area contributed by atoms with Crippen LogP contribution in [0.3, 0.4) is 0 Å². The Labute approximate surface area is 276 Å². The van der Waals surface area contributed by atoms with Gasteiger partial charge in [0.1, 0.15) is 11.5 Å². The quantitative estimate of drug-likeness (QED) is 0.170. The van der Waals surface area contributed by atoms with Crippen LogP contribution in [0.15, 0.2) is 59.3 Å². The minimum atomic E-state index is -0.471. The van der Waals surface area contributed by atoms with Crippen molar-refractivity contribution >= 4 is 40.8 Å². The van der Waals surface area contributed by atoms with Gasteiger partial charge >= 0.3 is 5.97 Å². The van der Waals surface area contributed by atoms with Crippen molar-refractivity contribution < 1.29 is 28.3 Å². The molecule has 2 bridgehead atoms. The van der Waals surface area contributed by atoms with Crippen molar-refractivity contribution in [1.29, 1.82) is 0 Å². The molecule has 4 fully saturated rings. The standard InChI is InChI=1S/C35H33Cl2N3O6/c1-43-29-11-8-19(16-38-29)25-15-22(9-10-24(25)35(42)44-2)39-34(41)30-20-12-21(30)14-23(13-20)45-17-26-32(40-46-33(26)18-6-7-18)31-27(36)4-3-5-28(31)37/h3-5,8-11,15-16,18,20-21,23,30H,6-7,12-14,17H2,1-2H3,(H,39,41). The minimum Gasteiger partial charge on any atom is -0.481 e. The highest BCUT2D eigenvalue weighted by Gasteiger charge is 2.51. The van der Waals surface area contributed by atoms with Crippen LogP contribution in [0.5, 0.6) is 5.88 Å². The Hall–Kier alpha value is -3.92. The third-order valence-corrected chi connectivity index (χ3v) is 10.1. The summed E-state index contributed by atoms with van der Waals surface area (Å²) in [5.41, 5.74) is 4.50. The van der Waals surface area contributed by atoms with E-state index in [0.29, 0.717) is 62.1 Å². The highest BCUT2D eigenvalue weighted by Crippen LogP contribution is 2.52. The van der Waals surface area contributed by atoms with Crippen molar-refractivity contribution in [3.8, 4) is 28.3 Å². The van der Waals surface area contributed by atoms with Gasteiger partial charge in [-0.05, 0) is 85.9 Å². The Morgan fingerprint density at radius 2 is 1.76 bits per heavy atom. The van der Waals surface area contributed by atoms with Gasteiger partial charge in [0.15, 0.2) is 0 Å². The number of methoxy groups -OCH3 is 2. The fourth-order valence-electron chi connectivity index (χ4n) is 6.98. The summed E-state index contributed by atoms with van der Waals surface area (Å²) in [7, 11) is 2.88. The van der Waals surface area contributed by atoms with Crippen LogP contribution in [0.4, 0.5) is 5.69 Å². The predicted octanol–water partition coefficient (Wildman–Crippen LogP) is 7.95. The number of aromatic nitrogens is 2. The average molecular weight is 663 g/mol. The zero-order valence-corrected chi connectivity index (χ0v) is 26.9. The van der Waals surface area contributed by atoms with E-state index >= 15 is 0 Å². The average Bonchev–Trinajstić information content (AvgIpc) is 3.83. The lowest BCUT2D eigenvalue weighted by Gasteiger charge is -2.51. The van der Waals surface area contributed by atoms with Crippen molar-refractivity contribution in [1.82, 2.24) is 10.1 Å². The molecule has 2 aromatic carbocycles. The normalized spacial score (nSPS) is 21.7. The lowest BCUT2D eigenvalue weighted by molar-refractivity contribution is -0.142. The van der Waals surface area contributed by atoms with Crippen molar-refractivity contribution in [2.75, 3.05) is 19.5 Å². The number of nitrogens with zero attached hydrogens (tertiary/aromatic N) is 2. The summed E-state index contributed by atoms with van der Waals surface area (Å²) in [6.45, 7) is 0.350. The van der Waals surface area contributed by atoms with E-state index in [0.717, 1.165) is 43.4 Å². The Kier molecular flexibility index (Phi) is 8.48. The van der Waals surface area contributed by atoms with Gasteiger partial charge < -0.3 is 24.1 Å². The third kappa shape index (κ3) is 5.87. The first-order chi connectivity index (χ1) is 22.3. The molecule has 4 aromatic rings. The molecule has 11 heteroatoms. The summed E-state index contributed by atoms with van der Waals surface area (Å²) in [5, 5.41) is 8.51. The van der Waals surface area contributed by atoms with Gasteiger partial charge in [-0.3, -0.25) is 4.79 Å². The van der Waals surface area contributed by atoms with E-state index in [1.807, 2.05) is 12.1 Å². The molecule has 1 amide bonds. The maximum absolute atomic E-state index is 13.5.